The van der Waals surface area contributed by atoms with Gasteiger partial charge in [0, 0.05) is 31.2 Å². The molecular weight excluding hydrogens is 246 g/mol. The van der Waals surface area contributed by atoms with E-state index in [4.69, 9.17) is 5.73 Å². The number of benzene rings is 1. The first-order chi connectivity index (χ1) is 9.49. The third kappa shape index (κ3) is 3.60. The van der Waals surface area contributed by atoms with Crippen molar-refractivity contribution < 1.29 is 0 Å². The third-order valence-electron chi connectivity index (χ3n) is 4.37. The van der Waals surface area contributed by atoms with Crippen molar-refractivity contribution in [3.63, 3.8) is 0 Å². The second-order valence-corrected chi connectivity index (χ2v) is 6.42. The molecule has 0 radical (unpaired) electrons. The van der Waals surface area contributed by atoms with E-state index < -0.39 is 0 Å². The monoisotopic (exact) mass is 275 g/mol. The van der Waals surface area contributed by atoms with Crippen LogP contribution in [0, 0.1) is 6.92 Å². The SMILES string of the molecule is Cc1ccc(C(C(C)N)N2CCCN(C)CC2C)cc1. The molecule has 0 spiro atoms. The molecule has 3 nitrogen and oxygen atoms in total. The van der Waals surface area contributed by atoms with Gasteiger partial charge in [0.1, 0.15) is 0 Å². The van der Waals surface area contributed by atoms with E-state index in [-0.39, 0.29) is 6.04 Å². The van der Waals surface area contributed by atoms with E-state index in [1.807, 2.05) is 0 Å². The van der Waals surface area contributed by atoms with Gasteiger partial charge in [0.05, 0.1) is 0 Å². The van der Waals surface area contributed by atoms with Crippen LogP contribution >= 0.6 is 0 Å². The molecule has 3 heteroatoms. The van der Waals surface area contributed by atoms with Gasteiger partial charge in [-0.1, -0.05) is 29.8 Å². The maximum Gasteiger partial charge on any atom is 0.0499 e. The number of aryl methyl sites for hydroxylation is 1. The molecule has 1 aromatic rings. The van der Waals surface area contributed by atoms with E-state index in [0.29, 0.717) is 12.1 Å². The number of nitrogens with two attached hydrogens (primary N) is 1. The fraction of sp³-hybridized carbons (Fsp3) is 0.647. The molecule has 1 saturated heterocycles. The first-order valence-corrected chi connectivity index (χ1v) is 7.75. The van der Waals surface area contributed by atoms with Gasteiger partial charge in [0.25, 0.3) is 0 Å². The van der Waals surface area contributed by atoms with Crippen LogP contribution in [0.3, 0.4) is 0 Å². The summed E-state index contributed by atoms with van der Waals surface area (Å²) in [5.41, 5.74) is 8.99. The minimum Gasteiger partial charge on any atom is -0.326 e. The Labute approximate surface area is 123 Å². The summed E-state index contributed by atoms with van der Waals surface area (Å²) < 4.78 is 0. The Morgan fingerprint density at radius 2 is 1.85 bits per heavy atom. The minimum absolute atomic E-state index is 0.142. The molecule has 20 heavy (non-hydrogen) atoms. The summed E-state index contributed by atoms with van der Waals surface area (Å²) in [5, 5.41) is 0. The Morgan fingerprint density at radius 1 is 1.20 bits per heavy atom. The topological polar surface area (TPSA) is 32.5 Å². The highest BCUT2D eigenvalue weighted by Gasteiger charge is 2.29. The van der Waals surface area contributed by atoms with Gasteiger partial charge in [-0.3, -0.25) is 4.90 Å². The van der Waals surface area contributed by atoms with Crippen molar-refractivity contribution in [2.45, 2.75) is 45.3 Å². The molecule has 3 unspecified atom stereocenters. The van der Waals surface area contributed by atoms with Crippen molar-refractivity contribution in [3.8, 4) is 0 Å². The summed E-state index contributed by atoms with van der Waals surface area (Å²) in [4.78, 5) is 5.02. The van der Waals surface area contributed by atoms with Gasteiger partial charge in [-0.25, -0.2) is 0 Å². The third-order valence-corrected chi connectivity index (χ3v) is 4.37. The summed E-state index contributed by atoms with van der Waals surface area (Å²) in [6.07, 6.45) is 1.22. The van der Waals surface area contributed by atoms with Gasteiger partial charge in [-0.05, 0) is 46.3 Å². The van der Waals surface area contributed by atoms with Gasteiger partial charge in [0.15, 0.2) is 0 Å². The summed E-state index contributed by atoms with van der Waals surface area (Å²) in [7, 11) is 2.22. The average Bonchev–Trinajstić information content (AvgIpc) is 2.54. The van der Waals surface area contributed by atoms with Crippen molar-refractivity contribution >= 4 is 0 Å². The zero-order chi connectivity index (χ0) is 14.7. The average molecular weight is 275 g/mol. The minimum atomic E-state index is 0.142. The summed E-state index contributed by atoms with van der Waals surface area (Å²) in [6.45, 7) is 10.0. The van der Waals surface area contributed by atoms with Crippen molar-refractivity contribution in [1.82, 2.24) is 9.80 Å². The number of hydrogen-bond acceptors (Lipinski definition) is 3. The largest absolute Gasteiger partial charge is 0.326 e. The highest BCUT2D eigenvalue weighted by molar-refractivity contribution is 5.25. The van der Waals surface area contributed by atoms with E-state index >= 15 is 0 Å². The Hall–Kier alpha value is -0.900. The summed E-state index contributed by atoms with van der Waals surface area (Å²) >= 11 is 0. The van der Waals surface area contributed by atoms with Crippen LogP contribution < -0.4 is 5.73 Å². The maximum atomic E-state index is 6.33. The normalized spacial score (nSPS) is 25.1. The lowest BCUT2D eigenvalue weighted by Gasteiger charge is -2.38. The molecule has 1 aromatic carbocycles. The molecule has 1 heterocycles. The molecule has 0 aliphatic carbocycles. The van der Waals surface area contributed by atoms with E-state index in [9.17, 15) is 0 Å². The van der Waals surface area contributed by atoms with Gasteiger partial charge in [0.2, 0.25) is 0 Å². The lowest BCUT2D eigenvalue weighted by molar-refractivity contribution is 0.127. The Balaban J connectivity index is 2.25. The van der Waals surface area contributed by atoms with Crippen LogP contribution in [0.2, 0.25) is 0 Å². The predicted octanol–water partition coefficient (Wildman–Crippen LogP) is 2.41. The van der Waals surface area contributed by atoms with E-state index in [2.05, 4.69) is 61.9 Å². The quantitative estimate of drug-likeness (QED) is 0.919. The molecule has 1 aliphatic rings. The van der Waals surface area contributed by atoms with Gasteiger partial charge in [-0.2, -0.15) is 0 Å². The molecule has 1 aliphatic heterocycles. The molecule has 0 aromatic heterocycles. The molecule has 3 atom stereocenters. The molecule has 112 valence electrons. The lowest BCUT2D eigenvalue weighted by Crippen LogP contribution is -2.46. The molecule has 0 bridgehead atoms. The number of rotatable bonds is 3. The zero-order valence-electron chi connectivity index (χ0n) is 13.3. The molecular formula is C17H29N3. The molecule has 0 saturated carbocycles. The standard InChI is InChI=1S/C17H29N3/c1-13-6-8-16(9-7-13)17(15(3)18)20-11-5-10-19(4)12-14(20)2/h6-9,14-15,17H,5,10-12,18H2,1-4H3. The van der Waals surface area contributed by atoms with E-state index in [0.717, 1.165) is 13.1 Å². The van der Waals surface area contributed by atoms with Crippen molar-refractivity contribution in [2.75, 3.05) is 26.7 Å². The Morgan fingerprint density at radius 3 is 2.45 bits per heavy atom. The Bertz CT molecular complexity index is 413. The number of likely N-dealkylation sites (N-methyl/N-ethyl adjacent to an activating group) is 1. The van der Waals surface area contributed by atoms with Crippen LogP contribution in [0.15, 0.2) is 24.3 Å². The number of hydrogen-bond donors (Lipinski definition) is 1. The summed E-state index contributed by atoms with van der Waals surface area (Å²) in [6, 6.07) is 9.87. The smallest absolute Gasteiger partial charge is 0.0499 e. The van der Waals surface area contributed by atoms with Crippen molar-refractivity contribution in [1.29, 1.82) is 0 Å². The maximum absolute atomic E-state index is 6.33. The predicted molar refractivity (Wildman–Crippen MR) is 85.9 cm³/mol. The van der Waals surface area contributed by atoms with Crippen LogP contribution in [-0.2, 0) is 0 Å². The fourth-order valence-electron chi connectivity index (χ4n) is 3.36. The van der Waals surface area contributed by atoms with Crippen LogP contribution in [-0.4, -0.2) is 48.6 Å². The van der Waals surface area contributed by atoms with E-state index in [1.54, 1.807) is 0 Å². The summed E-state index contributed by atoms with van der Waals surface area (Å²) in [5.74, 6) is 0. The first-order valence-electron chi connectivity index (χ1n) is 7.75. The fourth-order valence-corrected chi connectivity index (χ4v) is 3.36. The van der Waals surface area contributed by atoms with Crippen molar-refractivity contribution in [3.05, 3.63) is 35.4 Å². The van der Waals surface area contributed by atoms with E-state index in [1.165, 1.54) is 24.1 Å². The second kappa shape index (κ2) is 6.70. The van der Waals surface area contributed by atoms with Gasteiger partial charge >= 0.3 is 0 Å². The van der Waals surface area contributed by atoms with Crippen LogP contribution in [0.5, 0.6) is 0 Å². The van der Waals surface area contributed by atoms with Crippen molar-refractivity contribution in [2.24, 2.45) is 5.73 Å². The zero-order valence-corrected chi connectivity index (χ0v) is 13.3. The van der Waals surface area contributed by atoms with Gasteiger partial charge < -0.3 is 10.6 Å². The van der Waals surface area contributed by atoms with Crippen LogP contribution in [0.1, 0.15) is 37.4 Å². The molecule has 1 fully saturated rings. The molecule has 2 rings (SSSR count). The lowest BCUT2D eigenvalue weighted by atomic mass is 9.96. The molecule has 0 amide bonds. The first kappa shape index (κ1) is 15.5. The highest BCUT2D eigenvalue weighted by atomic mass is 15.3. The Kier molecular flexibility index (Phi) is 5.19. The highest BCUT2D eigenvalue weighted by Crippen LogP contribution is 2.27. The van der Waals surface area contributed by atoms with Gasteiger partial charge in [-0.15, -0.1) is 0 Å². The molecule has 2 N–H and O–H groups in total. The second-order valence-electron chi connectivity index (χ2n) is 6.42. The number of nitrogens with zero attached hydrogens (tertiary/aromatic N) is 2. The van der Waals surface area contributed by atoms with Crippen LogP contribution in [0.4, 0.5) is 0 Å². The van der Waals surface area contributed by atoms with Crippen LogP contribution in [0.25, 0.3) is 0 Å².